The molecule has 0 atom stereocenters. The van der Waals surface area contributed by atoms with Crippen molar-refractivity contribution in [1.82, 2.24) is 5.32 Å². The van der Waals surface area contributed by atoms with Crippen LogP contribution in [0.2, 0.25) is 0 Å². The van der Waals surface area contributed by atoms with Crippen LogP contribution in [-0.2, 0) is 9.05 Å². The van der Waals surface area contributed by atoms with Gasteiger partial charge in [0, 0.05) is 22.8 Å². The second kappa shape index (κ2) is 6.14. The van der Waals surface area contributed by atoms with E-state index in [1.165, 1.54) is 37.5 Å². The van der Waals surface area contributed by atoms with Crippen LogP contribution in [0.25, 0.3) is 0 Å². The van der Waals surface area contributed by atoms with E-state index in [1.54, 1.807) is 6.92 Å². The highest BCUT2D eigenvalue weighted by Crippen LogP contribution is 2.33. The summed E-state index contributed by atoms with van der Waals surface area (Å²) in [6.07, 6.45) is 4.80. The molecule has 0 aliphatic heterocycles. The number of amides is 1. The predicted octanol–water partition coefficient (Wildman–Crippen LogP) is 2.84. The topological polar surface area (TPSA) is 63.2 Å². The maximum Gasteiger partial charge on any atom is 0.261 e. The van der Waals surface area contributed by atoms with Crippen LogP contribution in [-0.4, -0.2) is 20.9 Å². The molecule has 0 aromatic heterocycles. The summed E-state index contributed by atoms with van der Waals surface area (Å²) in [7, 11) is 1.52. The molecule has 1 N–H and O–H groups in total. The highest BCUT2D eigenvalue weighted by molar-refractivity contribution is 8.13. The molecule has 0 spiro atoms. The first-order valence-corrected chi connectivity index (χ1v) is 9.02. The van der Waals surface area contributed by atoms with Crippen LogP contribution in [0.4, 0.5) is 0 Å². The van der Waals surface area contributed by atoms with Crippen molar-refractivity contribution in [3.63, 3.8) is 0 Å². The maximum absolute atomic E-state index is 12.0. The molecule has 20 heavy (non-hydrogen) atoms. The van der Waals surface area contributed by atoms with E-state index in [0.717, 1.165) is 12.3 Å². The van der Waals surface area contributed by atoms with E-state index in [1.807, 2.05) is 0 Å². The van der Waals surface area contributed by atoms with Gasteiger partial charge in [-0.2, -0.15) is 0 Å². The third kappa shape index (κ3) is 4.21. The van der Waals surface area contributed by atoms with Crippen molar-refractivity contribution in [3.8, 4) is 0 Å². The fourth-order valence-electron chi connectivity index (χ4n) is 2.14. The zero-order valence-electron chi connectivity index (χ0n) is 11.4. The van der Waals surface area contributed by atoms with Crippen molar-refractivity contribution < 1.29 is 13.2 Å². The molecule has 0 heterocycles. The summed E-state index contributed by atoms with van der Waals surface area (Å²) in [5.74, 6) is 0.693. The number of benzene rings is 1. The molecule has 1 saturated carbocycles. The highest BCUT2D eigenvalue weighted by Gasteiger charge is 2.20. The van der Waals surface area contributed by atoms with Crippen LogP contribution in [0.5, 0.6) is 0 Å². The van der Waals surface area contributed by atoms with Gasteiger partial charge in [0.05, 0.1) is 4.90 Å². The van der Waals surface area contributed by atoms with Gasteiger partial charge in [0.15, 0.2) is 0 Å². The SMILES string of the molecule is Cc1cc(S(=O)(=O)Cl)ccc1C(=O)NCCCC1CC1. The fraction of sp³-hybridized carbons (Fsp3) is 0.500. The average Bonchev–Trinajstić information content (AvgIpc) is 3.17. The third-order valence-electron chi connectivity index (χ3n) is 3.50. The number of hydrogen-bond donors (Lipinski definition) is 1. The minimum Gasteiger partial charge on any atom is -0.352 e. The minimum atomic E-state index is -3.75. The number of carbonyl (C=O) groups excluding carboxylic acids is 1. The summed E-state index contributed by atoms with van der Waals surface area (Å²) < 4.78 is 22.4. The zero-order valence-corrected chi connectivity index (χ0v) is 12.9. The molecule has 1 aliphatic carbocycles. The highest BCUT2D eigenvalue weighted by atomic mass is 35.7. The van der Waals surface area contributed by atoms with E-state index in [0.29, 0.717) is 17.7 Å². The lowest BCUT2D eigenvalue weighted by molar-refractivity contribution is 0.0952. The van der Waals surface area contributed by atoms with Gasteiger partial charge in [-0.3, -0.25) is 4.79 Å². The van der Waals surface area contributed by atoms with E-state index in [4.69, 9.17) is 10.7 Å². The lowest BCUT2D eigenvalue weighted by Crippen LogP contribution is -2.25. The molecule has 6 heteroatoms. The molecule has 1 amide bonds. The number of nitrogens with one attached hydrogen (secondary N) is 1. The van der Waals surface area contributed by atoms with Crippen LogP contribution in [0.1, 0.15) is 41.6 Å². The molecule has 0 saturated heterocycles. The Morgan fingerprint density at radius 2 is 2.10 bits per heavy atom. The summed E-state index contributed by atoms with van der Waals surface area (Å²) in [6.45, 7) is 2.36. The first-order valence-electron chi connectivity index (χ1n) is 6.71. The lowest BCUT2D eigenvalue weighted by Gasteiger charge is -2.08. The average molecular weight is 316 g/mol. The van der Waals surface area contributed by atoms with Crippen LogP contribution >= 0.6 is 10.7 Å². The summed E-state index contributed by atoms with van der Waals surface area (Å²) >= 11 is 0. The van der Waals surface area contributed by atoms with Crippen molar-refractivity contribution >= 4 is 25.6 Å². The molecule has 4 nitrogen and oxygen atoms in total. The molecule has 0 radical (unpaired) electrons. The normalized spacial score (nSPS) is 15.1. The molecular weight excluding hydrogens is 298 g/mol. The van der Waals surface area contributed by atoms with E-state index < -0.39 is 9.05 Å². The Balaban J connectivity index is 1.95. The number of halogens is 1. The number of rotatable bonds is 6. The molecule has 0 bridgehead atoms. The van der Waals surface area contributed by atoms with E-state index in [-0.39, 0.29) is 10.8 Å². The van der Waals surface area contributed by atoms with Crippen molar-refractivity contribution in [2.24, 2.45) is 5.92 Å². The van der Waals surface area contributed by atoms with Gasteiger partial charge in [-0.15, -0.1) is 0 Å². The summed E-state index contributed by atoms with van der Waals surface area (Å²) in [6, 6.07) is 4.27. The van der Waals surface area contributed by atoms with Crippen LogP contribution in [0.15, 0.2) is 23.1 Å². The molecule has 0 unspecified atom stereocenters. The number of hydrogen-bond acceptors (Lipinski definition) is 3. The Labute approximate surface area is 123 Å². The van der Waals surface area contributed by atoms with Gasteiger partial charge in [-0.25, -0.2) is 8.42 Å². The Morgan fingerprint density at radius 3 is 2.65 bits per heavy atom. The van der Waals surface area contributed by atoms with Gasteiger partial charge in [0.25, 0.3) is 15.0 Å². The van der Waals surface area contributed by atoms with E-state index >= 15 is 0 Å². The molecule has 110 valence electrons. The number of aryl methyl sites for hydroxylation is 1. The van der Waals surface area contributed by atoms with Crippen LogP contribution < -0.4 is 5.32 Å². The van der Waals surface area contributed by atoms with Gasteiger partial charge in [0.2, 0.25) is 0 Å². The Kier molecular flexibility index (Phi) is 4.70. The summed E-state index contributed by atoms with van der Waals surface area (Å²) in [4.78, 5) is 12.0. The van der Waals surface area contributed by atoms with Crippen molar-refractivity contribution in [1.29, 1.82) is 0 Å². The summed E-state index contributed by atoms with van der Waals surface area (Å²) in [5.41, 5.74) is 1.09. The minimum absolute atomic E-state index is 0.0157. The van der Waals surface area contributed by atoms with Gasteiger partial charge < -0.3 is 5.32 Å². The molecule has 1 aromatic rings. The molecule has 1 fully saturated rings. The third-order valence-corrected chi connectivity index (χ3v) is 4.85. The lowest BCUT2D eigenvalue weighted by atomic mass is 10.1. The van der Waals surface area contributed by atoms with Crippen molar-refractivity contribution in [3.05, 3.63) is 29.3 Å². The Bertz CT molecular complexity index is 609. The molecule has 1 aromatic carbocycles. The van der Waals surface area contributed by atoms with E-state index in [9.17, 15) is 13.2 Å². The predicted molar refractivity (Wildman–Crippen MR) is 78.5 cm³/mol. The second-order valence-electron chi connectivity index (χ2n) is 5.26. The first-order chi connectivity index (χ1) is 9.38. The monoisotopic (exact) mass is 315 g/mol. The van der Waals surface area contributed by atoms with Gasteiger partial charge in [-0.05, 0) is 49.4 Å². The quantitative estimate of drug-likeness (QED) is 0.648. The maximum atomic E-state index is 12.0. The van der Waals surface area contributed by atoms with Crippen molar-refractivity contribution in [2.75, 3.05) is 6.54 Å². The Morgan fingerprint density at radius 1 is 1.40 bits per heavy atom. The molecule has 2 rings (SSSR count). The van der Waals surface area contributed by atoms with Gasteiger partial charge >= 0.3 is 0 Å². The fourth-order valence-corrected chi connectivity index (χ4v) is 2.97. The second-order valence-corrected chi connectivity index (χ2v) is 7.82. The molecule has 1 aliphatic rings. The standard InChI is InChI=1S/C14H18ClNO3S/c1-10-9-12(20(15,18)19)6-7-13(10)14(17)16-8-2-3-11-4-5-11/h6-7,9,11H,2-5,8H2,1H3,(H,16,17). The van der Waals surface area contributed by atoms with Crippen molar-refractivity contribution in [2.45, 2.75) is 37.5 Å². The van der Waals surface area contributed by atoms with Gasteiger partial charge in [-0.1, -0.05) is 12.8 Å². The smallest absolute Gasteiger partial charge is 0.261 e. The summed E-state index contributed by atoms with van der Waals surface area (Å²) in [5, 5.41) is 2.86. The first kappa shape index (κ1) is 15.3. The van der Waals surface area contributed by atoms with Gasteiger partial charge in [0.1, 0.15) is 0 Å². The molecular formula is C14H18ClNO3S. The van der Waals surface area contributed by atoms with Crippen LogP contribution in [0, 0.1) is 12.8 Å². The zero-order chi connectivity index (χ0) is 14.8. The van der Waals surface area contributed by atoms with Crippen LogP contribution in [0.3, 0.4) is 0 Å². The largest absolute Gasteiger partial charge is 0.352 e. The van der Waals surface area contributed by atoms with E-state index in [2.05, 4.69) is 5.32 Å². The Hall–Kier alpha value is -1.07. The number of carbonyl (C=O) groups is 1.